The Balaban J connectivity index is 2.52. The van der Waals surface area contributed by atoms with E-state index in [0.29, 0.717) is 6.42 Å². The van der Waals surface area contributed by atoms with Crippen LogP contribution >= 0.6 is 11.3 Å². The molecule has 0 saturated heterocycles. The van der Waals surface area contributed by atoms with Crippen LogP contribution in [0.25, 0.3) is 10.4 Å². The first-order valence-electron chi connectivity index (χ1n) is 4.99. The molecule has 0 N–H and O–H groups in total. The summed E-state index contributed by atoms with van der Waals surface area (Å²) in [5, 5.41) is 2.03. The highest BCUT2D eigenvalue weighted by atomic mass is 32.1. The van der Waals surface area contributed by atoms with Crippen LogP contribution in [0.5, 0.6) is 0 Å². The molecule has 1 heterocycles. The molecule has 0 spiro atoms. The van der Waals surface area contributed by atoms with Crippen molar-refractivity contribution in [2.24, 2.45) is 0 Å². The Bertz CT molecular complexity index is 457. The summed E-state index contributed by atoms with van der Waals surface area (Å²) in [5.74, 6) is 0.207. The lowest BCUT2D eigenvalue weighted by molar-refractivity contribution is 0.0989. The van der Waals surface area contributed by atoms with Gasteiger partial charge in [0.25, 0.3) is 0 Å². The minimum Gasteiger partial charge on any atom is -0.294 e. The van der Waals surface area contributed by atoms with Crippen LogP contribution in [-0.2, 0) is 0 Å². The lowest BCUT2D eigenvalue weighted by Gasteiger charge is -2.04. The maximum Gasteiger partial charge on any atom is 0.163 e. The summed E-state index contributed by atoms with van der Waals surface area (Å²) in [4.78, 5) is 12.9. The van der Waals surface area contributed by atoms with Gasteiger partial charge in [-0.1, -0.05) is 37.3 Å². The molecule has 0 fully saturated rings. The molecule has 2 heteroatoms. The summed E-state index contributed by atoms with van der Waals surface area (Å²) in [7, 11) is 0. The Kier molecular flexibility index (Phi) is 2.97. The third-order valence-corrected chi connectivity index (χ3v) is 3.24. The van der Waals surface area contributed by atoms with Crippen molar-refractivity contribution in [3.05, 3.63) is 47.3 Å². The van der Waals surface area contributed by atoms with Crippen LogP contribution < -0.4 is 0 Å². The third-order valence-electron chi connectivity index (χ3n) is 2.34. The number of thiophene rings is 1. The van der Waals surface area contributed by atoms with E-state index in [1.165, 1.54) is 0 Å². The molecular weight excluding hydrogens is 204 g/mol. The molecule has 76 valence electrons. The first-order valence-corrected chi connectivity index (χ1v) is 5.87. The van der Waals surface area contributed by atoms with Crippen molar-refractivity contribution in [2.75, 3.05) is 0 Å². The van der Waals surface area contributed by atoms with Gasteiger partial charge in [0.15, 0.2) is 5.78 Å². The fraction of sp³-hybridized carbons (Fsp3) is 0.154. The Morgan fingerprint density at radius 1 is 1.20 bits per heavy atom. The molecule has 2 aromatic rings. The molecule has 0 radical (unpaired) electrons. The highest BCUT2D eigenvalue weighted by molar-refractivity contribution is 7.13. The fourth-order valence-electron chi connectivity index (χ4n) is 1.56. The predicted molar refractivity (Wildman–Crippen MR) is 64.4 cm³/mol. The Labute approximate surface area is 93.4 Å². The van der Waals surface area contributed by atoms with Crippen LogP contribution in [0.15, 0.2) is 41.8 Å². The summed E-state index contributed by atoms with van der Waals surface area (Å²) in [6.45, 7) is 1.90. The van der Waals surface area contributed by atoms with Crippen molar-refractivity contribution in [3.63, 3.8) is 0 Å². The minimum atomic E-state index is 0.207. The smallest absolute Gasteiger partial charge is 0.163 e. The quantitative estimate of drug-likeness (QED) is 0.708. The number of rotatable bonds is 3. The van der Waals surface area contributed by atoms with Gasteiger partial charge in [-0.05, 0) is 11.4 Å². The Morgan fingerprint density at radius 3 is 2.67 bits per heavy atom. The standard InChI is InChI=1S/C13H12OS/c1-2-12(14)10-6-3-4-7-11(10)13-8-5-9-15-13/h3-9H,2H2,1H3. The summed E-state index contributed by atoms with van der Waals surface area (Å²) >= 11 is 1.67. The molecule has 0 aliphatic carbocycles. The van der Waals surface area contributed by atoms with Gasteiger partial charge in [0, 0.05) is 22.4 Å². The lowest BCUT2D eigenvalue weighted by atomic mass is 10.0. The van der Waals surface area contributed by atoms with Crippen molar-refractivity contribution in [3.8, 4) is 10.4 Å². The predicted octanol–water partition coefficient (Wildman–Crippen LogP) is 4.01. The molecule has 15 heavy (non-hydrogen) atoms. The van der Waals surface area contributed by atoms with E-state index in [2.05, 4.69) is 0 Å². The molecule has 0 unspecified atom stereocenters. The highest BCUT2D eigenvalue weighted by Gasteiger charge is 2.10. The first-order chi connectivity index (χ1) is 7.33. The van der Waals surface area contributed by atoms with Crippen molar-refractivity contribution in [1.29, 1.82) is 0 Å². The van der Waals surface area contributed by atoms with Gasteiger partial charge >= 0.3 is 0 Å². The number of hydrogen-bond acceptors (Lipinski definition) is 2. The molecule has 0 aliphatic heterocycles. The average molecular weight is 216 g/mol. The van der Waals surface area contributed by atoms with E-state index in [-0.39, 0.29) is 5.78 Å². The fourth-order valence-corrected chi connectivity index (χ4v) is 2.33. The molecule has 0 bridgehead atoms. The largest absolute Gasteiger partial charge is 0.294 e. The maximum atomic E-state index is 11.7. The van der Waals surface area contributed by atoms with E-state index in [0.717, 1.165) is 16.0 Å². The number of carbonyl (C=O) groups excluding carboxylic acids is 1. The molecule has 0 atom stereocenters. The van der Waals surface area contributed by atoms with Crippen molar-refractivity contribution >= 4 is 17.1 Å². The van der Waals surface area contributed by atoms with Crippen LogP contribution in [0.3, 0.4) is 0 Å². The Morgan fingerprint density at radius 2 is 2.00 bits per heavy atom. The molecular formula is C13H12OS. The van der Waals surface area contributed by atoms with Crippen LogP contribution in [0.2, 0.25) is 0 Å². The van der Waals surface area contributed by atoms with E-state index in [1.807, 2.05) is 48.7 Å². The topological polar surface area (TPSA) is 17.1 Å². The zero-order valence-corrected chi connectivity index (χ0v) is 9.38. The van der Waals surface area contributed by atoms with Gasteiger partial charge in [0.1, 0.15) is 0 Å². The molecule has 1 aromatic heterocycles. The van der Waals surface area contributed by atoms with E-state index >= 15 is 0 Å². The normalized spacial score (nSPS) is 10.2. The van der Waals surface area contributed by atoms with E-state index in [1.54, 1.807) is 11.3 Å². The SMILES string of the molecule is CCC(=O)c1ccccc1-c1cccs1. The second kappa shape index (κ2) is 4.41. The van der Waals surface area contributed by atoms with Gasteiger partial charge in [0.2, 0.25) is 0 Å². The third kappa shape index (κ3) is 2.00. The van der Waals surface area contributed by atoms with Gasteiger partial charge < -0.3 is 0 Å². The van der Waals surface area contributed by atoms with Gasteiger partial charge in [-0.25, -0.2) is 0 Å². The molecule has 0 saturated carbocycles. The summed E-state index contributed by atoms with van der Waals surface area (Å²) < 4.78 is 0. The van der Waals surface area contributed by atoms with Crippen molar-refractivity contribution < 1.29 is 4.79 Å². The number of ketones is 1. The average Bonchev–Trinajstić information content (AvgIpc) is 2.81. The zero-order chi connectivity index (χ0) is 10.7. The van der Waals surface area contributed by atoms with Gasteiger partial charge in [-0.3, -0.25) is 4.79 Å². The van der Waals surface area contributed by atoms with Gasteiger partial charge in [0.05, 0.1) is 0 Å². The Hall–Kier alpha value is -1.41. The lowest BCUT2D eigenvalue weighted by Crippen LogP contribution is -1.98. The first kappa shape index (κ1) is 10.1. The van der Waals surface area contributed by atoms with E-state index in [4.69, 9.17) is 0 Å². The molecule has 1 aromatic carbocycles. The van der Waals surface area contributed by atoms with Crippen LogP contribution in [0.1, 0.15) is 23.7 Å². The van der Waals surface area contributed by atoms with Gasteiger partial charge in [-0.2, -0.15) is 0 Å². The number of carbonyl (C=O) groups is 1. The number of benzene rings is 1. The molecule has 0 aliphatic rings. The molecule has 1 nitrogen and oxygen atoms in total. The van der Waals surface area contributed by atoms with Crippen LogP contribution in [0.4, 0.5) is 0 Å². The van der Waals surface area contributed by atoms with E-state index < -0.39 is 0 Å². The van der Waals surface area contributed by atoms with Crippen LogP contribution in [0, 0.1) is 0 Å². The zero-order valence-electron chi connectivity index (χ0n) is 8.57. The van der Waals surface area contributed by atoms with E-state index in [9.17, 15) is 4.79 Å². The summed E-state index contributed by atoms with van der Waals surface area (Å²) in [6, 6.07) is 11.9. The minimum absolute atomic E-state index is 0.207. The summed E-state index contributed by atoms with van der Waals surface area (Å²) in [5.41, 5.74) is 1.89. The monoisotopic (exact) mass is 216 g/mol. The second-order valence-electron chi connectivity index (χ2n) is 3.30. The maximum absolute atomic E-state index is 11.7. The van der Waals surface area contributed by atoms with Gasteiger partial charge in [-0.15, -0.1) is 11.3 Å². The molecule has 2 rings (SSSR count). The second-order valence-corrected chi connectivity index (χ2v) is 4.25. The molecule has 0 amide bonds. The van der Waals surface area contributed by atoms with Crippen molar-refractivity contribution in [1.82, 2.24) is 0 Å². The highest BCUT2D eigenvalue weighted by Crippen LogP contribution is 2.28. The summed E-state index contributed by atoms with van der Waals surface area (Å²) in [6.07, 6.45) is 0.558. The number of Topliss-reactive ketones (excluding diaryl/α,β-unsaturated/α-hetero) is 1. The van der Waals surface area contributed by atoms with Crippen LogP contribution in [-0.4, -0.2) is 5.78 Å². The van der Waals surface area contributed by atoms with Crippen molar-refractivity contribution in [2.45, 2.75) is 13.3 Å². The number of hydrogen-bond donors (Lipinski definition) is 0.